The molecule has 2 aromatic rings. The van der Waals surface area contributed by atoms with Crippen molar-refractivity contribution in [2.75, 3.05) is 6.61 Å². The fourth-order valence-electron chi connectivity index (χ4n) is 1.99. The van der Waals surface area contributed by atoms with Crippen LogP contribution in [0.25, 0.3) is 6.08 Å². The average molecular weight is 334 g/mol. The van der Waals surface area contributed by atoms with Gasteiger partial charge in [0.2, 0.25) is 0 Å². The van der Waals surface area contributed by atoms with Gasteiger partial charge in [-0.1, -0.05) is 37.3 Å². The molecule has 0 aliphatic heterocycles. The normalized spacial score (nSPS) is 11.7. The summed E-state index contributed by atoms with van der Waals surface area (Å²) in [5.74, 6) is 0.401. The fourth-order valence-corrected chi connectivity index (χ4v) is 1.99. The number of alkyl halides is 3. The Labute approximate surface area is 138 Å². The van der Waals surface area contributed by atoms with E-state index in [0.29, 0.717) is 6.61 Å². The number of benzene rings is 2. The molecule has 0 N–H and O–H groups in total. The molecule has 126 valence electrons. The van der Waals surface area contributed by atoms with Crippen molar-refractivity contribution in [1.29, 1.82) is 0 Å². The molecule has 0 saturated heterocycles. The number of carbonyl (C=O) groups excluding carboxylic acids is 1. The van der Waals surface area contributed by atoms with Gasteiger partial charge in [0.05, 0.1) is 12.2 Å². The summed E-state index contributed by atoms with van der Waals surface area (Å²) in [6.45, 7) is 2.66. The van der Waals surface area contributed by atoms with Gasteiger partial charge in [0.25, 0.3) is 0 Å². The summed E-state index contributed by atoms with van der Waals surface area (Å²) < 4.78 is 42.9. The first kappa shape index (κ1) is 17.8. The van der Waals surface area contributed by atoms with Crippen molar-refractivity contribution in [3.63, 3.8) is 0 Å². The third kappa shape index (κ3) is 4.98. The van der Waals surface area contributed by atoms with Gasteiger partial charge in [-0.15, -0.1) is 0 Å². The third-order valence-corrected chi connectivity index (χ3v) is 3.28. The van der Waals surface area contributed by atoms with E-state index in [9.17, 15) is 18.0 Å². The van der Waals surface area contributed by atoms with Crippen LogP contribution in [0.2, 0.25) is 0 Å². The van der Waals surface area contributed by atoms with Crippen molar-refractivity contribution >= 4 is 11.9 Å². The van der Waals surface area contributed by atoms with Crippen molar-refractivity contribution in [2.45, 2.75) is 19.5 Å². The minimum absolute atomic E-state index is 0.210. The highest BCUT2D eigenvalue weighted by molar-refractivity contribution is 6.06. The van der Waals surface area contributed by atoms with E-state index in [1.54, 1.807) is 18.2 Å². The van der Waals surface area contributed by atoms with Crippen molar-refractivity contribution in [2.24, 2.45) is 0 Å². The monoisotopic (exact) mass is 334 g/mol. The fraction of sp³-hybridized carbons (Fsp3) is 0.211. The Hall–Kier alpha value is -2.56. The molecule has 0 unspecified atom stereocenters. The molecule has 0 amide bonds. The maximum absolute atomic E-state index is 12.5. The average Bonchev–Trinajstić information content (AvgIpc) is 2.58. The minimum Gasteiger partial charge on any atom is -0.494 e. The Bertz CT molecular complexity index is 699. The Morgan fingerprint density at radius 3 is 2.21 bits per heavy atom. The molecular formula is C19H17F3O2. The second kappa shape index (κ2) is 7.81. The first-order chi connectivity index (χ1) is 11.4. The highest BCUT2D eigenvalue weighted by Crippen LogP contribution is 2.29. The first-order valence-corrected chi connectivity index (χ1v) is 7.52. The quantitative estimate of drug-likeness (QED) is 0.523. The standard InChI is InChI=1S/C19H17F3O2/c1-2-13-24-17-10-3-14(4-11-17)5-12-18(23)15-6-8-16(9-7-15)19(20,21)22/h3-12H,2,13H2,1H3/b12-5+. The number of allylic oxidation sites excluding steroid dienone is 1. The molecule has 2 aromatic carbocycles. The van der Waals surface area contributed by atoms with Crippen LogP contribution in [0.3, 0.4) is 0 Å². The number of ketones is 1. The van der Waals surface area contributed by atoms with Gasteiger partial charge >= 0.3 is 6.18 Å². The maximum atomic E-state index is 12.5. The number of carbonyl (C=O) groups is 1. The van der Waals surface area contributed by atoms with E-state index < -0.39 is 11.7 Å². The molecule has 0 aliphatic carbocycles. The maximum Gasteiger partial charge on any atom is 0.416 e. The van der Waals surface area contributed by atoms with E-state index >= 15 is 0 Å². The zero-order valence-electron chi connectivity index (χ0n) is 13.1. The smallest absolute Gasteiger partial charge is 0.416 e. The molecule has 0 atom stereocenters. The summed E-state index contributed by atoms with van der Waals surface area (Å²) in [5.41, 5.74) is 0.243. The van der Waals surface area contributed by atoms with Gasteiger partial charge in [0.1, 0.15) is 5.75 Å². The van der Waals surface area contributed by atoms with Gasteiger partial charge in [-0.05, 0) is 42.3 Å². The van der Waals surface area contributed by atoms with Gasteiger partial charge in [-0.3, -0.25) is 4.79 Å². The predicted molar refractivity (Wildman–Crippen MR) is 87.0 cm³/mol. The number of halogens is 3. The number of hydrogen-bond donors (Lipinski definition) is 0. The van der Waals surface area contributed by atoms with Crippen LogP contribution in [0.1, 0.15) is 34.8 Å². The van der Waals surface area contributed by atoms with Crippen LogP contribution in [0.5, 0.6) is 5.75 Å². The second-order valence-corrected chi connectivity index (χ2v) is 5.19. The molecule has 2 rings (SSSR count). The van der Waals surface area contributed by atoms with Crippen molar-refractivity contribution in [1.82, 2.24) is 0 Å². The molecule has 2 nitrogen and oxygen atoms in total. The van der Waals surface area contributed by atoms with Crippen molar-refractivity contribution in [3.05, 3.63) is 71.3 Å². The SMILES string of the molecule is CCCOc1ccc(/C=C/C(=O)c2ccc(C(F)(F)F)cc2)cc1. The molecule has 0 aliphatic rings. The van der Waals surface area contributed by atoms with Crippen LogP contribution >= 0.6 is 0 Å². The van der Waals surface area contributed by atoms with Gasteiger partial charge in [0, 0.05) is 5.56 Å². The van der Waals surface area contributed by atoms with Crippen LogP contribution in [-0.4, -0.2) is 12.4 Å². The van der Waals surface area contributed by atoms with Gasteiger partial charge < -0.3 is 4.74 Å². The van der Waals surface area contributed by atoms with Crippen LogP contribution in [0.15, 0.2) is 54.6 Å². The third-order valence-electron chi connectivity index (χ3n) is 3.28. The Kier molecular flexibility index (Phi) is 5.79. The van der Waals surface area contributed by atoms with Crippen molar-refractivity contribution in [3.8, 4) is 5.75 Å². The number of rotatable bonds is 6. The summed E-state index contributed by atoms with van der Waals surface area (Å²) in [5, 5.41) is 0. The van der Waals surface area contributed by atoms with Gasteiger partial charge in [0.15, 0.2) is 5.78 Å². The molecule has 0 radical (unpaired) electrons. The molecule has 5 heteroatoms. The number of ether oxygens (including phenoxy) is 1. The Morgan fingerprint density at radius 1 is 1.04 bits per heavy atom. The van der Waals surface area contributed by atoms with E-state index in [2.05, 4.69) is 0 Å². The van der Waals surface area contributed by atoms with E-state index in [1.807, 2.05) is 19.1 Å². The largest absolute Gasteiger partial charge is 0.494 e. The molecule has 0 spiro atoms. The lowest BCUT2D eigenvalue weighted by molar-refractivity contribution is -0.137. The van der Waals surface area contributed by atoms with Crippen LogP contribution in [-0.2, 0) is 6.18 Å². The highest BCUT2D eigenvalue weighted by atomic mass is 19.4. The van der Waals surface area contributed by atoms with Crippen LogP contribution < -0.4 is 4.74 Å². The minimum atomic E-state index is -4.40. The van der Waals surface area contributed by atoms with E-state index in [-0.39, 0.29) is 11.3 Å². The lowest BCUT2D eigenvalue weighted by atomic mass is 10.1. The van der Waals surface area contributed by atoms with E-state index in [0.717, 1.165) is 29.9 Å². The second-order valence-electron chi connectivity index (χ2n) is 5.19. The molecule has 24 heavy (non-hydrogen) atoms. The molecule has 0 heterocycles. The number of hydrogen-bond acceptors (Lipinski definition) is 2. The van der Waals surface area contributed by atoms with E-state index in [4.69, 9.17) is 4.74 Å². The van der Waals surface area contributed by atoms with Crippen LogP contribution in [0.4, 0.5) is 13.2 Å². The molecule has 0 saturated carbocycles. The summed E-state index contributed by atoms with van der Waals surface area (Å²) in [6, 6.07) is 11.4. The van der Waals surface area contributed by atoms with Crippen molar-refractivity contribution < 1.29 is 22.7 Å². The zero-order chi connectivity index (χ0) is 17.6. The molecular weight excluding hydrogens is 317 g/mol. The Morgan fingerprint density at radius 2 is 1.67 bits per heavy atom. The van der Waals surface area contributed by atoms with E-state index in [1.165, 1.54) is 18.2 Å². The first-order valence-electron chi connectivity index (χ1n) is 7.52. The topological polar surface area (TPSA) is 26.3 Å². The van der Waals surface area contributed by atoms with Gasteiger partial charge in [-0.2, -0.15) is 13.2 Å². The lowest BCUT2D eigenvalue weighted by Crippen LogP contribution is -2.05. The summed E-state index contributed by atoms with van der Waals surface area (Å²) >= 11 is 0. The lowest BCUT2D eigenvalue weighted by Gasteiger charge is -2.06. The molecule has 0 fully saturated rings. The van der Waals surface area contributed by atoms with Crippen LogP contribution in [0, 0.1) is 0 Å². The molecule has 0 bridgehead atoms. The van der Waals surface area contributed by atoms with Gasteiger partial charge in [-0.25, -0.2) is 0 Å². The molecule has 0 aromatic heterocycles. The highest BCUT2D eigenvalue weighted by Gasteiger charge is 2.30. The summed E-state index contributed by atoms with van der Waals surface area (Å²) in [4.78, 5) is 12.0. The Balaban J connectivity index is 2.02. The summed E-state index contributed by atoms with van der Waals surface area (Å²) in [7, 11) is 0. The predicted octanol–water partition coefficient (Wildman–Crippen LogP) is 5.39. The summed E-state index contributed by atoms with van der Waals surface area (Å²) in [6.07, 6.45) is -0.531. The zero-order valence-corrected chi connectivity index (χ0v) is 13.1.